The Morgan fingerprint density at radius 2 is 1.70 bits per heavy atom. The van der Waals surface area contributed by atoms with Crippen LogP contribution in [0.25, 0.3) is 0 Å². The van der Waals surface area contributed by atoms with Gasteiger partial charge < -0.3 is 0 Å². The maximum Gasteiger partial charge on any atom is 0.232 e. The van der Waals surface area contributed by atoms with Crippen LogP contribution in [0.15, 0.2) is 53.7 Å². The summed E-state index contributed by atoms with van der Waals surface area (Å²) in [6.45, 7) is 0. The molecule has 0 N–H and O–H groups in total. The summed E-state index contributed by atoms with van der Waals surface area (Å²) in [5.74, 6) is -0.782. The highest BCUT2D eigenvalue weighted by molar-refractivity contribution is 6.42. The van der Waals surface area contributed by atoms with Gasteiger partial charge in [0.1, 0.15) is 5.82 Å². The topological polar surface area (TPSA) is 37.4 Å². The Bertz CT molecular complexity index is 969. The molecule has 4 rings (SSSR count). The molecular formula is C21H16Cl2FNO2. The standard InChI is InChI=1S/C21H16Cl2FNO2/c22-16-9-4-12(10-17(16)23)15-11-20(27)25(14-7-5-13(24)6-8-14)18-2-1-3-19(26)21(15)18/h4-10,15H,1-3,11H2. The number of halogens is 3. The molecule has 0 saturated heterocycles. The Hall–Kier alpha value is -2.17. The van der Waals surface area contributed by atoms with Crippen molar-refractivity contribution in [3.63, 3.8) is 0 Å². The lowest BCUT2D eigenvalue weighted by Gasteiger charge is -2.38. The van der Waals surface area contributed by atoms with Gasteiger partial charge in [0, 0.05) is 35.7 Å². The molecule has 6 heteroatoms. The van der Waals surface area contributed by atoms with Crippen LogP contribution >= 0.6 is 23.2 Å². The van der Waals surface area contributed by atoms with Crippen molar-refractivity contribution in [3.8, 4) is 0 Å². The molecule has 2 aliphatic rings. The zero-order valence-electron chi connectivity index (χ0n) is 14.3. The first kappa shape index (κ1) is 18.2. The monoisotopic (exact) mass is 403 g/mol. The van der Waals surface area contributed by atoms with E-state index in [1.54, 1.807) is 29.2 Å². The highest BCUT2D eigenvalue weighted by Gasteiger charge is 2.39. The highest BCUT2D eigenvalue weighted by atomic mass is 35.5. The minimum atomic E-state index is -0.370. The van der Waals surface area contributed by atoms with Gasteiger partial charge in [-0.15, -0.1) is 0 Å². The predicted octanol–water partition coefficient (Wildman–Crippen LogP) is 5.66. The summed E-state index contributed by atoms with van der Waals surface area (Å²) in [7, 11) is 0. The normalized spacial score (nSPS) is 20.1. The van der Waals surface area contributed by atoms with Crippen molar-refractivity contribution >= 4 is 40.6 Å². The summed E-state index contributed by atoms with van der Waals surface area (Å²) in [6, 6.07) is 11.0. The molecule has 1 atom stereocenters. The van der Waals surface area contributed by atoms with E-state index >= 15 is 0 Å². The Balaban J connectivity index is 1.85. The smallest absolute Gasteiger partial charge is 0.232 e. The number of carbonyl (C=O) groups excluding carboxylic acids is 2. The molecule has 0 fully saturated rings. The lowest BCUT2D eigenvalue weighted by Crippen LogP contribution is -2.40. The number of benzene rings is 2. The molecule has 0 spiro atoms. The molecule has 3 nitrogen and oxygen atoms in total. The molecule has 27 heavy (non-hydrogen) atoms. The number of rotatable bonds is 2. The van der Waals surface area contributed by atoms with Crippen LogP contribution in [0, 0.1) is 5.82 Å². The summed E-state index contributed by atoms with van der Waals surface area (Å²) in [6.07, 6.45) is 1.93. The van der Waals surface area contributed by atoms with E-state index in [1.165, 1.54) is 12.1 Å². The SMILES string of the molecule is O=C1CCCC2=C1C(c1ccc(Cl)c(Cl)c1)CC(=O)N2c1ccc(F)cc1. The molecular weight excluding hydrogens is 388 g/mol. The van der Waals surface area contributed by atoms with Gasteiger partial charge in [-0.3, -0.25) is 14.5 Å². The minimum Gasteiger partial charge on any atom is -0.294 e. The van der Waals surface area contributed by atoms with E-state index in [0.29, 0.717) is 46.3 Å². The zero-order chi connectivity index (χ0) is 19.1. The first-order chi connectivity index (χ1) is 13.0. The number of Topliss-reactive ketones (excluding diaryl/α,β-unsaturated/α-hetero) is 1. The third kappa shape index (κ3) is 3.28. The second-order valence-electron chi connectivity index (χ2n) is 6.77. The first-order valence-electron chi connectivity index (χ1n) is 8.75. The number of hydrogen-bond acceptors (Lipinski definition) is 2. The van der Waals surface area contributed by atoms with Crippen molar-refractivity contribution in [3.05, 3.63) is 75.2 Å². The Morgan fingerprint density at radius 3 is 2.41 bits per heavy atom. The van der Waals surface area contributed by atoms with Gasteiger partial charge in [0.25, 0.3) is 0 Å². The molecule has 138 valence electrons. The van der Waals surface area contributed by atoms with E-state index in [4.69, 9.17) is 23.2 Å². The van der Waals surface area contributed by atoms with Crippen molar-refractivity contribution in [2.75, 3.05) is 4.90 Å². The van der Waals surface area contributed by atoms with Crippen LogP contribution in [0.1, 0.15) is 37.2 Å². The quantitative estimate of drug-likeness (QED) is 0.648. The van der Waals surface area contributed by atoms with E-state index in [0.717, 1.165) is 5.56 Å². The number of allylic oxidation sites excluding steroid dienone is 2. The number of nitrogens with zero attached hydrogens (tertiary/aromatic N) is 1. The molecule has 0 radical (unpaired) electrons. The summed E-state index contributed by atoms with van der Waals surface area (Å²) in [4.78, 5) is 27.4. The number of carbonyl (C=O) groups is 2. The highest BCUT2D eigenvalue weighted by Crippen LogP contribution is 2.44. The maximum absolute atomic E-state index is 13.3. The van der Waals surface area contributed by atoms with E-state index in [2.05, 4.69) is 0 Å². The predicted molar refractivity (Wildman–Crippen MR) is 104 cm³/mol. The van der Waals surface area contributed by atoms with Gasteiger partial charge in [0.15, 0.2) is 5.78 Å². The first-order valence-corrected chi connectivity index (χ1v) is 9.51. The van der Waals surface area contributed by atoms with Gasteiger partial charge in [0.2, 0.25) is 5.91 Å². The van der Waals surface area contributed by atoms with Crippen molar-refractivity contribution in [2.45, 2.75) is 31.6 Å². The van der Waals surface area contributed by atoms with Crippen LogP contribution in [-0.4, -0.2) is 11.7 Å². The number of anilines is 1. The van der Waals surface area contributed by atoms with E-state index in [9.17, 15) is 14.0 Å². The maximum atomic E-state index is 13.3. The lowest BCUT2D eigenvalue weighted by molar-refractivity contribution is -0.119. The summed E-state index contributed by atoms with van der Waals surface area (Å²) < 4.78 is 13.3. The summed E-state index contributed by atoms with van der Waals surface area (Å²) >= 11 is 12.2. The summed E-state index contributed by atoms with van der Waals surface area (Å²) in [5.41, 5.74) is 2.75. The molecule has 0 saturated carbocycles. The molecule has 0 aromatic heterocycles. The number of ketones is 1. The van der Waals surface area contributed by atoms with Crippen LogP contribution in [0.4, 0.5) is 10.1 Å². The summed E-state index contributed by atoms with van der Waals surface area (Å²) in [5, 5.41) is 0.827. The zero-order valence-corrected chi connectivity index (χ0v) is 15.9. The number of amides is 1. The van der Waals surface area contributed by atoms with E-state index < -0.39 is 0 Å². The largest absolute Gasteiger partial charge is 0.294 e. The molecule has 2 aromatic carbocycles. The van der Waals surface area contributed by atoms with Gasteiger partial charge in [0.05, 0.1) is 10.0 Å². The van der Waals surface area contributed by atoms with Crippen molar-refractivity contribution in [1.82, 2.24) is 0 Å². The van der Waals surface area contributed by atoms with E-state index in [1.807, 2.05) is 6.07 Å². The third-order valence-corrected chi connectivity index (χ3v) is 5.85. The molecule has 2 aromatic rings. The Morgan fingerprint density at radius 1 is 0.963 bits per heavy atom. The van der Waals surface area contributed by atoms with Gasteiger partial charge in [-0.25, -0.2) is 4.39 Å². The van der Waals surface area contributed by atoms with Crippen LogP contribution < -0.4 is 4.90 Å². The second-order valence-corrected chi connectivity index (χ2v) is 7.59. The van der Waals surface area contributed by atoms with Gasteiger partial charge in [-0.05, 0) is 54.8 Å². The average Bonchev–Trinajstić information content (AvgIpc) is 2.64. The number of hydrogen-bond donors (Lipinski definition) is 0. The molecule has 1 aliphatic heterocycles. The second kappa shape index (κ2) is 7.10. The molecule has 0 bridgehead atoms. The van der Waals surface area contributed by atoms with Crippen molar-refractivity contribution < 1.29 is 14.0 Å². The molecule has 1 amide bonds. The fraction of sp³-hybridized carbons (Fsp3) is 0.238. The van der Waals surface area contributed by atoms with Crippen LogP contribution in [0.3, 0.4) is 0 Å². The Kier molecular flexibility index (Phi) is 4.79. The molecule has 1 aliphatic carbocycles. The lowest BCUT2D eigenvalue weighted by atomic mass is 9.77. The molecule has 1 heterocycles. The van der Waals surface area contributed by atoms with Crippen LogP contribution in [0.2, 0.25) is 10.0 Å². The Labute approximate surface area is 166 Å². The van der Waals surface area contributed by atoms with Gasteiger partial charge in [-0.1, -0.05) is 29.3 Å². The van der Waals surface area contributed by atoms with Crippen LogP contribution in [-0.2, 0) is 9.59 Å². The van der Waals surface area contributed by atoms with E-state index in [-0.39, 0.29) is 29.8 Å². The fourth-order valence-corrected chi connectivity index (χ4v) is 4.20. The van der Waals surface area contributed by atoms with Gasteiger partial charge >= 0.3 is 0 Å². The third-order valence-electron chi connectivity index (χ3n) is 5.11. The van der Waals surface area contributed by atoms with Crippen molar-refractivity contribution in [2.24, 2.45) is 0 Å². The van der Waals surface area contributed by atoms with Crippen molar-refractivity contribution in [1.29, 1.82) is 0 Å². The minimum absolute atomic E-state index is 0.0481. The average molecular weight is 404 g/mol. The van der Waals surface area contributed by atoms with Gasteiger partial charge in [-0.2, -0.15) is 0 Å². The fourth-order valence-electron chi connectivity index (χ4n) is 3.90. The molecule has 1 unspecified atom stereocenters. The van der Waals surface area contributed by atoms with Crippen LogP contribution in [0.5, 0.6) is 0 Å².